The zero-order valence-corrected chi connectivity index (χ0v) is 24.8. The van der Waals surface area contributed by atoms with Crippen LogP contribution in [0.4, 0.5) is 0 Å². The van der Waals surface area contributed by atoms with E-state index in [9.17, 15) is 24.1 Å². The van der Waals surface area contributed by atoms with E-state index in [-0.39, 0.29) is 36.5 Å². The highest BCUT2D eigenvalue weighted by molar-refractivity contribution is 7.43. The van der Waals surface area contributed by atoms with E-state index in [0.717, 1.165) is 7.11 Å². The molecule has 3 heterocycles. The molecule has 14 heteroatoms. The van der Waals surface area contributed by atoms with Crippen molar-refractivity contribution in [1.82, 2.24) is 19.1 Å². The van der Waals surface area contributed by atoms with Crippen LogP contribution in [0.1, 0.15) is 73.9 Å². The fourth-order valence-electron chi connectivity index (χ4n) is 4.52. The van der Waals surface area contributed by atoms with Crippen LogP contribution in [0, 0.1) is 11.3 Å². The van der Waals surface area contributed by atoms with Crippen LogP contribution in [-0.2, 0) is 9.26 Å². The largest absolute Gasteiger partial charge is 0.400 e. The van der Waals surface area contributed by atoms with E-state index in [0.29, 0.717) is 37.0 Å². The summed E-state index contributed by atoms with van der Waals surface area (Å²) < 4.78 is 14.2. The number of imide groups is 1. The number of aliphatic hydroxyl groups excluding tert-OH is 1. The number of ether oxygens (including phenoxy) is 1. The van der Waals surface area contributed by atoms with E-state index in [2.05, 4.69) is 4.98 Å². The Bertz CT molecular complexity index is 1280. The number of hydrogen-bond donors (Lipinski definition) is 3. The minimum atomic E-state index is -1.55. The molecule has 0 aliphatic carbocycles. The van der Waals surface area contributed by atoms with Gasteiger partial charge in [0.1, 0.15) is 6.23 Å². The fraction of sp³-hybridized carbons (Fsp3) is 0.519. The first-order valence-corrected chi connectivity index (χ1v) is 14.4. The van der Waals surface area contributed by atoms with Crippen molar-refractivity contribution in [3.63, 3.8) is 0 Å². The highest BCUT2D eigenvalue weighted by Crippen LogP contribution is 2.40. The highest BCUT2D eigenvalue weighted by atomic mass is 31.2. The number of nitriles is 1. The predicted octanol–water partition coefficient (Wildman–Crippen LogP) is 2.37. The number of carbonyl (C=O) groups is 2. The minimum Gasteiger partial charge on any atom is -0.400 e. The third-order valence-corrected chi connectivity index (χ3v) is 7.92. The van der Waals surface area contributed by atoms with Gasteiger partial charge in [-0.2, -0.15) is 5.26 Å². The van der Waals surface area contributed by atoms with Gasteiger partial charge in [0.2, 0.25) is 0 Å². The zero-order valence-electron chi connectivity index (χ0n) is 23.9. The molecule has 1 aromatic heterocycles. The SMILES string of the molecule is CC(C)N(C(C)C)P(O)OCCC#N.CO.O=C1c2ccccc2C(=O)N1CC1CC[C@H](n2ccc(=O)[nH]c2=O)O1. The Morgan fingerprint density at radius 2 is 1.66 bits per heavy atom. The van der Waals surface area contributed by atoms with Crippen molar-refractivity contribution in [2.24, 2.45) is 0 Å². The molecule has 0 radical (unpaired) electrons. The number of H-pyrrole nitrogens is 1. The van der Waals surface area contributed by atoms with E-state index < -0.39 is 26.0 Å². The van der Waals surface area contributed by atoms with Crippen LogP contribution < -0.4 is 11.2 Å². The third-order valence-electron chi connectivity index (χ3n) is 6.19. The van der Waals surface area contributed by atoms with Crippen molar-refractivity contribution in [2.45, 2.75) is 71.4 Å². The molecule has 1 aromatic carbocycles. The van der Waals surface area contributed by atoms with Crippen molar-refractivity contribution in [1.29, 1.82) is 5.26 Å². The van der Waals surface area contributed by atoms with Crippen molar-refractivity contribution in [2.75, 3.05) is 20.3 Å². The van der Waals surface area contributed by atoms with Crippen LogP contribution in [0.25, 0.3) is 0 Å². The maximum atomic E-state index is 12.4. The Morgan fingerprint density at radius 1 is 1.07 bits per heavy atom. The van der Waals surface area contributed by atoms with Crippen LogP contribution in [0.3, 0.4) is 0 Å². The molecule has 1 saturated heterocycles. The average molecular weight is 592 g/mol. The number of amides is 2. The van der Waals surface area contributed by atoms with Crippen molar-refractivity contribution < 1.29 is 28.8 Å². The van der Waals surface area contributed by atoms with Crippen molar-refractivity contribution in [3.8, 4) is 6.07 Å². The summed E-state index contributed by atoms with van der Waals surface area (Å²) >= 11 is 0. The first-order chi connectivity index (χ1) is 19.5. The van der Waals surface area contributed by atoms with Gasteiger partial charge in [0.25, 0.3) is 25.9 Å². The molecule has 13 nitrogen and oxygen atoms in total. The lowest BCUT2D eigenvalue weighted by molar-refractivity contribution is -0.0117. The first-order valence-electron chi connectivity index (χ1n) is 13.2. The quantitative estimate of drug-likeness (QED) is 0.223. The van der Waals surface area contributed by atoms with Gasteiger partial charge in [-0.15, -0.1) is 0 Å². The second-order valence-corrected chi connectivity index (χ2v) is 10.9. The Balaban J connectivity index is 0.000000316. The van der Waals surface area contributed by atoms with E-state index in [1.807, 2.05) is 38.4 Å². The Labute approximate surface area is 239 Å². The first kappa shape index (κ1) is 34.0. The van der Waals surface area contributed by atoms with Crippen molar-refractivity contribution in [3.05, 3.63) is 68.5 Å². The van der Waals surface area contributed by atoms with E-state index >= 15 is 0 Å². The molecule has 41 heavy (non-hydrogen) atoms. The summed E-state index contributed by atoms with van der Waals surface area (Å²) in [6.45, 7) is 8.49. The third kappa shape index (κ3) is 8.87. The number of carbonyl (C=O) groups excluding carboxylic acids is 2. The topological polar surface area (TPSA) is 178 Å². The van der Waals surface area contributed by atoms with Gasteiger partial charge in [0.05, 0.1) is 42.9 Å². The van der Waals surface area contributed by atoms with E-state index in [4.69, 9.17) is 19.6 Å². The molecule has 0 bridgehead atoms. The number of nitrogens with one attached hydrogen (secondary N) is 1. The maximum absolute atomic E-state index is 12.4. The molecule has 4 rings (SSSR count). The van der Waals surface area contributed by atoms with Crippen LogP contribution in [-0.4, -0.2) is 79.4 Å². The maximum Gasteiger partial charge on any atom is 0.330 e. The summed E-state index contributed by atoms with van der Waals surface area (Å²) in [5.74, 6) is -0.650. The number of rotatable bonds is 9. The second kappa shape index (κ2) is 16.3. The summed E-state index contributed by atoms with van der Waals surface area (Å²) in [5.41, 5.74) is -0.210. The van der Waals surface area contributed by atoms with Gasteiger partial charge in [0.15, 0.2) is 0 Å². The van der Waals surface area contributed by atoms with Crippen LogP contribution >= 0.6 is 8.53 Å². The second-order valence-electron chi connectivity index (χ2n) is 9.64. The van der Waals surface area contributed by atoms with Gasteiger partial charge in [-0.1, -0.05) is 12.1 Å². The number of aromatic nitrogens is 2. The number of hydrogen-bond acceptors (Lipinski definition) is 10. The smallest absolute Gasteiger partial charge is 0.330 e. The van der Waals surface area contributed by atoms with Crippen LogP contribution in [0.15, 0.2) is 46.1 Å². The summed E-state index contributed by atoms with van der Waals surface area (Å²) in [5, 5.41) is 15.3. The number of fused-ring (bicyclic) bond motifs is 1. The molecule has 2 aromatic rings. The molecule has 2 aliphatic rings. The molecule has 1 fully saturated rings. The lowest BCUT2D eigenvalue weighted by Gasteiger charge is -2.32. The van der Waals surface area contributed by atoms with Gasteiger partial charge in [-0.25, -0.2) is 9.46 Å². The molecule has 2 unspecified atom stereocenters. The molecule has 2 amide bonds. The van der Waals surface area contributed by atoms with E-state index in [1.54, 1.807) is 24.3 Å². The molecule has 0 spiro atoms. The van der Waals surface area contributed by atoms with E-state index in [1.165, 1.54) is 21.7 Å². The number of benzene rings is 1. The molecule has 3 atom stereocenters. The normalized spacial score (nSPS) is 18.5. The summed E-state index contributed by atoms with van der Waals surface area (Å²) in [7, 11) is -0.552. The minimum absolute atomic E-state index is 0.140. The number of aromatic amines is 1. The summed E-state index contributed by atoms with van der Waals surface area (Å²) in [4.78, 5) is 60.9. The average Bonchev–Trinajstić information content (AvgIpc) is 3.49. The monoisotopic (exact) mass is 591 g/mol. The van der Waals surface area contributed by atoms with Crippen LogP contribution in [0.5, 0.6) is 0 Å². The molecular formula is C27H38N5O8P. The number of nitrogens with zero attached hydrogens (tertiary/aromatic N) is 4. The van der Waals surface area contributed by atoms with Gasteiger partial charge >= 0.3 is 5.69 Å². The Kier molecular flexibility index (Phi) is 13.5. The predicted molar refractivity (Wildman–Crippen MR) is 152 cm³/mol. The summed E-state index contributed by atoms with van der Waals surface area (Å²) in [6.07, 6.45) is 1.99. The van der Waals surface area contributed by atoms with Gasteiger partial charge in [0, 0.05) is 31.5 Å². The van der Waals surface area contributed by atoms with Gasteiger partial charge in [-0.05, 0) is 52.7 Å². The fourth-order valence-corrected chi connectivity index (χ4v) is 5.70. The number of aliphatic hydroxyl groups is 1. The van der Waals surface area contributed by atoms with Gasteiger partial charge < -0.3 is 19.3 Å². The standard InChI is InChI=1S/C17H15N3O5.C9H19N2O2P.CH4O/c21-13-7-8-19(17(24)18-13)14-6-5-10(25-14)9-20-15(22)11-3-1-2-4-12(11)16(20)23;1-8(2)11(9(3)4)14(12)13-7-5-6-10;1-2/h1-4,7-8,10,14H,5-6,9H2,(H,18,21,24);8-9,12H,5,7H2,1-4H3;2H,1H3/t10?,14-;;/m1../s1. The lowest BCUT2D eigenvalue weighted by Crippen LogP contribution is -2.37. The highest BCUT2D eigenvalue weighted by Gasteiger charge is 2.38. The van der Waals surface area contributed by atoms with Gasteiger partial charge in [-0.3, -0.25) is 28.8 Å². The Hall–Kier alpha value is -3.24. The lowest BCUT2D eigenvalue weighted by atomic mass is 10.1. The zero-order chi connectivity index (χ0) is 30.7. The summed E-state index contributed by atoms with van der Waals surface area (Å²) in [6, 6.07) is 10.4. The molecule has 0 saturated carbocycles. The molecule has 224 valence electrons. The molecule has 2 aliphatic heterocycles. The Morgan fingerprint density at radius 3 is 2.17 bits per heavy atom. The van der Waals surface area contributed by atoms with Crippen LogP contribution in [0.2, 0.25) is 0 Å². The molecular weight excluding hydrogens is 553 g/mol. The van der Waals surface area contributed by atoms with Crippen molar-refractivity contribution >= 4 is 20.3 Å². The molecule has 3 N–H and O–H groups in total.